The first-order valence-corrected chi connectivity index (χ1v) is 8.53. The summed E-state index contributed by atoms with van der Waals surface area (Å²) in [5.41, 5.74) is 7.10. The minimum atomic E-state index is -0.833. The maximum atomic E-state index is 14.4. The second-order valence-electron chi connectivity index (χ2n) is 5.98. The van der Waals surface area contributed by atoms with E-state index in [1.165, 1.54) is 6.07 Å². The molecule has 0 amide bonds. The van der Waals surface area contributed by atoms with Crippen molar-refractivity contribution in [1.29, 1.82) is 0 Å². The molecule has 3 rings (SSSR count). The average molecular weight is 401 g/mol. The molecule has 0 saturated carbocycles. The van der Waals surface area contributed by atoms with Gasteiger partial charge in [0.05, 0.1) is 0 Å². The van der Waals surface area contributed by atoms with E-state index in [1.54, 1.807) is 30.3 Å². The molecule has 2 aromatic rings. The lowest BCUT2D eigenvalue weighted by Gasteiger charge is -2.38. The molecular weight excluding hydrogens is 382 g/mol. The van der Waals surface area contributed by atoms with Crippen LogP contribution in [0.4, 0.5) is 4.39 Å². The van der Waals surface area contributed by atoms with E-state index in [0.29, 0.717) is 28.7 Å². The van der Waals surface area contributed by atoms with Crippen LogP contribution in [0.25, 0.3) is 11.1 Å². The third-order valence-corrected chi connectivity index (χ3v) is 4.39. The predicted octanol–water partition coefficient (Wildman–Crippen LogP) is 3.62. The smallest absolute Gasteiger partial charge is 0.290 e. The van der Waals surface area contributed by atoms with Crippen molar-refractivity contribution in [2.24, 2.45) is 5.73 Å². The topological polar surface area (TPSA) is 84.6 Å². The van der Waals surface area contributed by atoms with E-state index in [1.807, 2.05) is 6.92 Å². The molecule has 2 atom stereocenters. The first kappa shape index (κ1) is 20.6. The number of morpholine rings is 1. The fourth-order valence-electron chi connectivity index (χ4n) is 2.86. The normalized spacial score (nSPS) is 22.3. The predicted molar refractivity (Wildman–Crippen MR) is 99.8 cm³/mol. The fraction of sp³-hybridized carbons (Fsp3) is 0.278. The Balaban J connectivity index is 0.000000758. The summed E-state index contributed by atoms with van der Waals surface area (Å²) in [4.78, 5) is 8.36. The molecule has 1 aliphatic heterocycles. The lowest BCUT2D eigenvalue weighted by atomic mass is 9.90. The highest BCUT2D eigenvalue weighted by Gasteiger charge is 2.35. The van der Waals surface area contributed by atoms with E-state index in [4.69, 9.17) is 43.6 Å². The summed E-state index contributed by atoms with van der Waals surface area (Å²) >= 11 is 12.1. The summed E-state index contributed by atoms with van der Waals surface area (Å²) in [6.07, 6.45) is -0.475. The molecule has 0 bridgehead atoms. The van der Waals surface area contributed by atoms with Gasteiger partial charge in [-0.05, 0) is 48.4 Å². The Hall–Kier alpha value is -1.70. The van der Waals surface area contributed by atoms with Gasteiger partial charge >= 0.3 is 0 Å². The molecule has 140 valence electrons. The Kier molecular flexibility index (Phi) is 6.97. The third-order valence-electron chi connectivity index (χ3n) is 3.95. The van der Waals surface area contributed by atoms with Gasteiger partial charge in [-0.3, -0.25) is 4.79 Å². The quantitative estimate of drug-likeness (QED) is 0.670. The number of benzene rings is 2. The van der Waals surface area contributed by atoms with Gasteiger partial charge in [0.2, 0.25) is 0 Å². The largest absolute Gasteiger partial charge is 0.483 e. The molecule has 1 unspecified atom stereocenters. The number of nitrogens with two attached hydrogens (primary N) is 1. The van der Waals surface area contributed by atoms with Gasteiger partial charge in [-0.25, -0.2) is 4.39 Å². The van der Waals surface area contributed by atoms with Crippen LogP contribution in [0.1, 0.15) is 12.5 Å². The minimum Gasteiger partial charge on any atom is -0.483 e. The SMILES string of the molecule is CC1(c2cc(-c3cc(Cl)cc(Cl)c3)ccc2F)CNC[C@H](N)O1.O=CO. The average Bonchev–Trinajstić information content (AvgIpc) is 2.54. The van der Waals surface area contributed by atoms with E-state index in [9.17, 15) is 4.39 Å². The highest BCUT2D eigenvalue weighted by Crippen LogP contribution is 2.34. The summed E-state index contributed by atoms with van der Waals surface area (Å²) in [5.74, 6) is -0.333. The molecule has 1 heterocycles. The van der Waals surface area contributed by atoms with Crippen molar-refractivity contribution in [1.82, 2.24) is 5.32 Å². The van der Waals surface area contributed by atoms with Crippen molar-refractivity contribution in [2.75, 3.05) is 13.1 Å². The number of hydrogen-bond acceptors (Lipinski definition) is 4. The van der Waals surface area contributed by atoms with Crippen LogP contribution >= 0.6 is 23.2 Å². The van der Waals surface area contributed by atoms with E-state index in [-0.39, 0.29) is 12.3 Å². The first-order valence-electron chi connectivity index (χ1n) is 7.77. The number of ether oxygens (including phenoxy) is 1. The van der Waals surface area contributed by atoms with Crippen LogP contribution in [0.3, 0.4) is 0 Å². The maximum absolute atomic E-state index is 14.4. The highest BCUT2D eigenvalue weighted by molar-refractivity contribution is 6.35. The summed E-state index contributed by atoms with van der Waals surface area (Å²) in [6.45, 7) is 2.60. The van der Waals surface area contributed by atoms with Crippen LogP contribution in [0.5, 0.6) is 0 Å². The summed E-state index contributed by atoms with van der Waals surface area (Å²) in [6, 6.07) is 10.1. The lowest BCUT2D eigenvalue weighted by Crippen LogP contribution is -2.53. The summed E-state index contributed by atoms with van der Waals surface area (Å²) in [7, 11) is 0. The lowest BCUT2D eigenvalue weighted by molar-refractivity contribution is -0.122. The van der Waals surface area contributed by atoms with Gasteiger partial charge in [-0.1, -0.05) is 29.3 Å². The Labute approximate surface area is 160 Å². The van der Waals surface area contributed by atoms with Crippen molar-refractivity contribution in [3.63, 3.8) is 0 Å². The van der Waals surface area contributed by atoms with Crippen molar-refractivity contribution in [3.8, 4) is 11.1 Å². The molecule has 26 heavy (non-hydrogen) atoms. The summed E-state index contributed by atoms with van der Waals surface area (Å²) in [5, 5.41) is 11.1. The number of halogens is 3. The molecule has 0 radical (unpaired) electrons. The van der Waals surface area contributed by atoms with Crippen LogP contribution in [-0.2, 0) is 15.1 Å². The van der Waals surface area contributed by atoms with E-state index >= 15 is 0 Å². The fourth-order valence-corrected chi connectivity index (χ4v) is 3.39. The standard InChI is InChI=1S/C17H17Cl2FN2O.CH2O2/c1-17(9-22-8-16(21)23-17)14-6-10(2-3-15(14)20)11-4-12(18)7-13(19)5-11;2-1-3/h2-7,16,22H,8-9,21H2,1H3;1H,(H,2,3)/t16-,17?;/m1./s1. The Bertz CT molecular complexity index is 771. The molecule has 5 nitrogen and oxygen atoms in total. The highest BCUT2D eigenvalue weighted by atomic mass is 35.5. The van der Waals surface area contributed by atoms with Gasteiger partial charge in [0.1, 0.15) is 17.6 Å². The Morgan fingerprint density at radius 3 is 2.46 bits per heavy atom. The molecule has 8 heteroatoms. The molecule has 0 aliphatic carbocycles. The van der Waals surface area contributed by atoms with Gasteiger partial charge in [-0.15, -0.1) is 0 Å². The van der Waals surface area contributed by atoms with Crippen LogP contribution in [-0.4, -0.2) is 30.9 Å². The van der Waals surface area contributed by atoms with Gasteiger partial charge in [0, 0.05) is 28.7 Å². The first-order chi connectivity index (χ1) is 12.3. The molecule has 0 aromatic heterocycles. The number of nitrogens with one attached hydrogen (secondary N) is 1. The number of hydrogen-bond donors (Lipinski definition) is 3. The van der Waals surface area contributed by atoms with E-state index in [0.717, 1.165) is 11.1 Å². The van der Waals surface area contributed by atoms with Gasteiger partial charge in [-0.2, -0.15) is 0 Å². The van der Waals surface area contributed by atoms with Crippen molar-refractivity contribution >= 4 is 29.7 Å². The van der Waals surface area contributed by atoms with Crippen LogP contribution in [0, 0.1) is 5.82 Å². The second kappa shape index (κ2) is 8.79. The van der Waals surface area contributed by atoms with Gasteiger partial charge in [0.25, 0.3) is 6.47 Å². The minimum absolute atomic E-state index is 0.250. The molecule has 2 aromatic carbocycles. The van der Waals surface area contributed by atoms with Crippen molar-refractivity contribution in [2.45, 2.75) is 18.8 Å². The zero-order valence-electron chi connectivity index (χ0n) is 14.0. The van der Waals surface area contributed by atoms with Crippen LogP contribution in [0.2, 0.25) is 10.0 Å². The second-order valence-corrected chi connectivity index (χ2v) is 6.85. The molecule has 1 fully saturated rings. The zero-order valence-corrected chi connectivity index (χ0v) is 15.5. The summed E-state index contributed by atoms with van der Waals surface area (Å²) < 4.78 is 20.2. The number of carboxylic acid groups (broad SMARTS) is 1. The molecule has 4 N–H and O–H groups in total. The molecular formula is C18H19Cl2FN2O3. The zero-order chi connectivity index (χ0) is 19.3. The van der Waals surface area contributed by atoms with Crippen molar-refractivity contribution in [3.05, 3.63) is 57.8 Å². The van der Waals surface area contributed by atoms with Crippen LogP contribution < -0.4 is 11.1 Å². The molecule has 1 saturated heterocycles. The maximum Gasteiger partial charge on any atom is 0.290 e. The Morgan fingerprint density at radius 1 is 1.27 bits per heavy atom. The van der Waals surface area contributed by atoms with Gasteiger partial charge < -0.3 is 20.9 Å². The van der Waals surface area contributed by atoms with Crippen LogP contribution in [0.15, 0.2) is 36.4 Å². The monoisotopic (exact) mass is 400 g/mol. The molecule has 0 spiro atoms. The third kappa shape index (κ3) is 4.93. The number of carbonyl (C=O) groups is 1. The van der Waals surface area contributed by atoms with Crippen molar-refractivity contribution < 1.29 is 19.0 Å². The van der Waals surface area contributed by atoms with E-state index < -0.39 is 11.8 Å². The molecule has 1 aliphatic rings. The Morgan fingerprint density at radius 2 is 1.88 bits per heavy atom. The van der Waals surface area contributed by atoms with E-state index in [2.05, 4.69) is 5.32 Å². The number of rotatable bonds is 2. The van der Waals surface area contributed by atoms with Gasteiger partial charge in [0.15, 0.2) is 0 Å².